The van der Waals surface area contributed by atoms with Gasteiger partial charge < -0.3 is 15.2 Å². The molecule has 1 fully saturated rings. The summed E-state index contributed by atoms with van der Waals surface area (Å²) in [6.45, 7) is 3.56. The van der Waals surface area contributed by atoms with Crippen LogP contribution in [0.4, 0.5) is 5.69 Å². The number of rotatable bonds is 3. The largest absolute Gasteiger partial charge is 0.320 e. The van der Waals surface area contributed by atoms with Crippen molar-refractivity contribution >= 4 is 22.4 Å². The minimum Gasteiger partial charge on any atom is -0.320 e. The summed E-state index contributed by atoms with van der Waals surface area (Å²) >= 11 is 0. The Morgan fingerprint density at radius 3 is 2.78 bits per heavy atom. The molecule has 0 spiro atoms. The number of amides is 1. The number of aryl methyl sites for hydroxylation is 1. The Bertz CT molecular complexity index is 1050. The van der Waals surface area contributed by atoms with Crippen LogP contribution in [-0.2, 0) is 0 Å². The lowest BCUT2D eigenvalue weighted by Crippen LogP contribution is -2.37. The number of hydrogen-bond acceptors (Lipinski definition) is 4. The molecule has 0 atom stereocenters. The highest BCUT2D eigenvalue weighted by Crippen LogP contribution is 2.22. The minimum atomic E-state index is -0.390. The van der Waals surface area contributed by atoms with Crippen molar-refractivity contribution in [3.63, 3.8) is 0 Å². The first-order chi connectivity index (χ1) is 13.1. The molecule has 0 bridgehead atoms. The van der Waals surface area contributed by atoms with Crippen LogP contribution < -0.4 is 16.2 Å². The van der Waals surface area contributed by atoms with Crippen LogP contribution in [0.15, 0.2) is 53.7 Å². The number of nitrogens with one attached hydrogen (secondary N) is 2. The maximum atomic E-state index is 13.1. The lowest BCUT2D eigenvalue weighted by atomic mass is 10.0. The van der Waals surface area contributed by atoms with E-state index in [1.54, 1.807) is 23.9 Å². The quantitative estimate of drug-likeness (QED) is 0.751. The van der Waals surface area contributed by atoms with Crippen molar-refractivity contribution < 1.29 is 4.79 Å². The second kappa shape index (κ2) is 7.32. The molecule has 2 aromatic heterocycles. The van der Waals surface area contributed by atoms with E-state index in [1.165, 1.54) is 0 Å². The smallest absolute Gasteiger partial charge is 0.263 e. The number of hydrogen-bond donors (Lipinski definition) is 2. The van der Waals surface area contributed by atoms with Crippen LogP contribution in [0.3, 0.4) is 0 Å². The van der Waals surface area contributed by atoms with Crippen LogP contribution in [0.25, 0.3) is 10.8 Å². The average Bonchev–Trinajstić information content (AvgIpc) is 2.69. The summed E-state index contributed by atoms with van der Waals surface area (Å²) in [5, 5.41) is 8.02. The molecule has 0 unspecified atom stereocenters. The molecule has 1 saturated heterocycles. The number of nitrogens with zero attached hydrogens (tertiary/aromatic N) is 2. The van der Waals surface area contributed by atoms with Gasteiger partial charge in [0.15, 0.2) is 0 Å². The van der Waals surface area contributed by atoms with E-state index in [-0.39, 0.29) is 23.1 Å². The normalized spacial score (nSPS) is 15.0. The summed E-state index contributed by atoms with van der Waals surface area (Å²) in [5.41, 5.74) is 1.25. The van der Waals surface area contributed by atoms with Gasteiger partial charge in [-0.2, -0.15) is 0 Å². The van der Waals surface area contributed by atoms with Gasteiger partial charge in [-0.25, -0.2) is 0 Å². The SMILES string of the molecule is Cc1ccn(C2CCNCC2)c(=O)c1C(=O)Nc1cncc2ccccc12. The minimum absolute atomic E-state index is 0.130. The van der Waals surface area contributed by atoms with Crippen molar-refractivity contribution in [1.82, 2.24) is 14.9 Å². The van der Waals surface area contributed by atoms with E-state index in [0.717, 1.165) is 36.7 Å². The first kappa shape index (κ1) is 17.4. The van der Waals surface area contributed by atoms with Gasteiger partial charge in [-0.1, -0.05) is 24.3 Å². The van der Waals surface area contributed by atoms with E-state index in [2.05, 4.69) is 15.6 Å². The summed E-state index contributed by atoms with van der Waals surface area (Å²) in [4.78, 5) is 30.2. The first-order valence-electron chi connectivity index (χ1n) is 9.21. The number of fused-ring (bicyclic) bond motifs is 1. The number of pyridine rings is 2. The van der Waals surface area contributed by atoms with Gasteiger partial charge in [0, 0.05) is 29.2 Å². The highest BCUT2D eigenvalue weighted by atomic mass is 16.2. The highest BCUT2D eigenvalue weighted by molar-refractivity contribution is 6.09. The topological polar surface area (TPSA) is 76.0 Å². The second-order valence-electron chi connectivity index (χ2n) is 6.93. The van der Waals surface area contributed by atoms with Crippen molar-refractivity contribution in [3.8, 4) is 0 Å². The fourth-order valence-electron chi connectivity index (χ4n) is 3.69. The third-order valence-corrected chi connectivity index (χ3v) is 5.17. The third-order valence-electron chi connectivity index (χ3n) is 5.17. The van der Waals surface area contributed by atoms with Crippen LogP contribution in [0.2, 0.25) is 0 Å². The summed E-state index contributed by atoms with van der Waals surface area (Å²) in [7, 11) is 0. The molecule has 6 heteroatoms. The molecule has 4 rings (SSSR count). The molecule has 27 heavy (non-hydrogen) atoms. The van der Waals surface area contributed by atoms with Crippen LogP contribution in [0.5, 0.6) is 0 Å². The fraction of sp³-hybridized carbons (Fsp3) is 0.286. The van der Waals surface area contributed by atoms with Gasteiger partial charge in [0.25, 0.3) is 11.5 Å². The zero-order valence-electron chi connectivity index (χ0n) is 15.2. The van der Waals surface area contributed by atoms with Crippen molar-refractivity contribution in [2.75, 3.05) is 18.4 Å². The number of benzene rings is 1. The molecule has 1 aliphatic heterocycles. The molecular weight excluding hydrogens is 340 g/mol. The van der Waals surface area contributed by atoms with E-state index in [9.17, 15) is 9.59 Å². The van der Waals surface area contributed by atoms with Gasteiger partial charge in [0.1, 0.15) is 5.56 Å². The first-order valence-corrected chi connectivity index (χ1v) is 9.21. The predicted octanol–water partition coefficient (Wildman–Crippen LogP) is 2.88. The number of aromatic nitrogens is 2. The summed E-state index contributed by atoms with van der Waals surface area (Å²) in [6.07, 6.45) is 6.95. The standard InChI is InChI=1S/C21H22N4O2/c1-14-8-11-25(16-6-9-22-10-7-16)21(27)19(14)20(26)24-18-13-23-12-15-4-2-3-5-17(15)18/h2-5,8,11-13,16,22H,6-7,9-10H2,1H3,(H,24,26). The van der Waals surface area contributed by atoms with E-state index in [1.807, 2.05) is 36.5 Å². The lowest BCUT2D eigenvalue weighted by Gasteiger charge is -2.25. The fourth-order valence-corrected chi connectivity index (χ4v) is 3.69. The van der Waals surface area contributed by atoms with Crippen molar-refractivity contribution in [3.05, 3.63) is 70.4 Å². The van der Waals surface area contributed by atoms with Crippen LogP contribution >= 0.6 is 0 Å². The van der Waals surface area contributed by atoms with Crippen LogP contribution in [0.1, 0.15) is 34.8 Å². The molecule has 2 N–H and O–H groups in total. The van der Waals surface area contributed by atoms with Crippen LogP contribution in [-0.4, -0.2) is 28.5 Å². The summed E-state index contributed by atoms with van der Waals surface area (Å²) < 4.78 is 1.71. The van der Waals surface area contributed by atoms with E-state index >= 15 is 0 Å². The highest BCUT2D eigenvalue weighted by Gasteiger charge is 2.21. The van der Waals surface area contributed by atoms with Gasteiger partial charge in [0.2, 0.25) is 0 Å². The molecule has 0 radical (unpaired) electrons. The third kappa shape index (κ3) is 3.36. The molecule has 3 aromatic rings. The Kier molecular flexibility index (Phi) is 4.73. The molecule has 6 nitrogen and oxygen atoms in total. The van der Waals surface area contributed by atoms with E-state index < -0.39 is 0 Å². The number of carbonyl (C=O) groups is 1. The molecular formula is C21H22N4O2. The maximum absolute atomic E-state index is 13.1. The Balaban J connectivity index is 1.70. The average molecular weight is 362 g/mol. The van der Waals surface area contributed by atoms with E-state index in [0.29, 0.717) is 11.3 Å². The zero-order chi connectivity index (χ0) is 18.8. The molecule has 3 heterocycles. The van der Waals surface area contributed by atoms with E-state index in [4.69, 9.17) is 0 Å². The molecule has 138 valence electrons. The van der Waals surface area contributed by atoms with Gasteiger partial charge in [-0.15, -0.1) is 0 Å². The summed E-state index contributed by atoms with van der Waals surface area (Å²) in [5.74, 6) is -0.390. The Morgan fingerprint density at radius 2 is 1.96 bits per heavy atom. The van der Waals surface area contributed by atoms with Gasteiger partial charge in [0.05, 0.1) is 11.9 Å². The number of carbonyl (C=O) groups excluding carboxylic acids is 1. The van der Waals surface area contributed by atoms with Crippen molar-refractivity contribution in [1.29, 1.82) is 0 Å². The van der Waals surface area contributed by atoms with Gasteiger partial charge >= 0.3 is 0 Å². The van der Waals surface area contributed by atoms with Crippen LogP contribution in [0, 0.1) is 6.92 Å². The predicted molar refractivity (Wildman–Crippen MR) is 106 cm³/mol. The van der Waals surface area contributed by atoms with Gasteiger partial charge in [-0.3, -0.25) is 14.6 Å². The Labute approximate surface area is 157 Å². The van der Waals surface area contributed by atoms with Crippen molar-refractivity contribution in [2.24, 2.45) is 0 Å². The second-order valence-corrected chi connectivity index (χ2v) is 6.93. The number of anilines is 1. The molecule has 1 aliphatic rings. The molecule has 0 aliphatic carbocycles. The number of piperidine rings is 1. The van der Waals surface area contributed by atoms with Gasteiger partial charge in [-0.05, 0) is 44.5 Å². The molecule has 1 amide bonds. The molecule has 1 aromatic carbocycles. The van der Waals surface area contributed by atoms with Crippen molar-refractivity contribution in [2.45, 2.75) is 25.8 Å². The lowest BCUT2D eigenvalue weighted by molar-refractivity contribution is 0.102. The maximum Gasteiger partial charge on any atom is 0.263 e. The monoisotopic (exact) mass is 362 g/mol. The Morgan fingerprint density at radius 1 is 1.19 bits per heavy atom. The molecule has 0 saturated carbocycles. The summed E-state index contributed by atoms with van der Waals surface area (Å²) in [6, 6.07) is 9.68. The Hall–Kier alpha value is -2.99. The zero-order valence-corrected chi connectivity index (χ0v) is 15.2.